The van der Waals surface area contributed by atoms with Crippen LogP contribution in [-0.2, 0) is 4.74 Å². The van der Waals surface area contributed by atoms with E-state index in [2.05, 4.69) is 31.1 Å². The van der Waals surface area contributed by atoms with E-state index >= 15 is 0 Å². The molecule has 108 valence electrons. The summed E-state index contributed by atoms with van der Waals surface area (Å²) in [6.07, 6.45) is 6.78. The van der Waals surface area contributed by atoms with Gasteiger partial charge in [0.25, 0.3) is 0 Å². The molecule has 1 N–H and O–H groups in total. The van der Waals surface area contributed by atoms with Crippen molar-refractivity contribution in [3.8, 4) is 0 Å². The second-order valence-corrected chi connectivity index (χ2v) is 5.85. The highest BCUT2D eigenvalue weighted by Crippen LogP contribution is 2.25. The standard InChI is InChI=1S/C15H32N2O/c1-5-10-16-15-9-7-6-8-14(15)11-17(3)13(2)12-18-4/h13-16H,5-12H2,1-4H3. The van der Waals surface area contributed by atoms with Gasteiger partial charge in [-0.2, -0.15) is 0 Å². The van der Waals surface area contributed by atoms with E-state index in [4.69, 9.17) is 4.74 Å². The zero-order valence-corrected chi connectivity index (χ0v) is 12.7. The van der Waals surface area contributed by atoms with Gasteiger partial charge >= 0.3 is 0 Å². The predicted molar refractivity (Wildman–Crippen MR) is 78.0 cm³/mol. The minimum atomic E-state index is 0.517. The van der Waals surface area contributed by atoms with Crippen LogP contribution >= 0.6 is 0 Å². The molecule has 3 heteroatoms. The third kappa shape index (κ3) is 5.25. The molecule has 1 saturated carbocycles. The maximum atomic E-state index is 5.25. The summed E-state index contributed by atoms with van der Waals surface area (Å²) >= 11 is 0. The average Bonchev–Trinajstić information content (AvgIpc) is 2.38. The smallest absolute Gasteiger partial charge is 0.0615 e. The first kappa shape index (κ1) is 15.9. The summed E-state index contributed by atoms with van der Waals surface area (Å²) in [4.78, 5) is 2.46. The lowest BCUT2D eigenvalue weighted by atomic mass is 9.84. The zero-order valence-electron chi connectivity index (χ0n) is 12.7. The second-order valence-electron chi connectivity index (χ2n) is 5.85. The highest BCUT2D eigenvalue weighted by molar-refractivity contribution is 4.83. The molecule has 0 heterocycles. The molecular formula is C15H32N2O. The fourth-order valence-corrected chi connectivity index (χ4v) is 2.94. The summed E-state index contributed by atoms with van der Waals surface area (Å²) in [5.41, 5.74) is 0. The van der Waals surface area contributed by atoms with E-state index in [1.165, 1.54) is 45.2 Å². The van der Waals surface area contributed by atoms with E-state index in [1.807, 2.05) is 0 Å². The fourth-order valence-electron chi connectivity index (χ4n) is 2.94. The minimum Gasteiger partial charge on any atom is -0.383 e. The van der Waals surface area contributed by atoms with Crippen molar-refractivity contribution in [1.82, 2.24) is 10.2 Å². The first-order valence-corrected chi connectivity index (χ1v) is 7.61. The fraction of sp³-hybridized carbons (Fsp3) is 1.00. The zero-order chi connectivity index (χ0) is 13.4. The number of likely N-dealkylation sites (N-methyl/N-ethyl adjacent to an activating group) is 1. The van der Waals surface area contributed by atoms with Crippen LogP contribution in [-0.4, -0.2) is 50.8 Å². The Kier molecular flexibility index (Phi) is 7.87. The Morgan fingerprint density at radius 2 is 2.06 bits per heavy atom. The number of nitrogens with one attached hydrogen (secondary N) is 1. The number of methoxy groups -OCH3 is 1. The number of ether oxygens (including phenoxy) is 1. The van der Waals surface area contributed by atoms with Crippen LogP contribution in [0, 0.1) is 5.92 Å². The van der Waals surface area contributed by atoms with Crippen molar-refractivity contribution in [2.24, 2.45) is 5.92 Å². The summed E-state index contributed by atoms with van der Waals surface area (Å²) < 4.78 is 5.25. The van der Waals surface area contributed by atoms with Crippen molar-refractivity contribution < 1.29 is 4.74 Å². The molecular weight excluding hydrogens is 224 g/mol. The third-order valence-electron chi connectivity index (χ3n) is 4.25. The second kappa shape index (κ2) is 8.89. The molecule has 0 bridgehead atoms. The van der Waals surface area contributed by atoms with Gasteiger partial charge in [0, 0.05) is 25.7 Å². The van der Waals surface area contributed by atoms with E-state index in [0.29, 0.717) is 6.04 Å². The SMILES string of the molecule is CCCNC1CCCCC1CN(C)C(C)COC. The largest absolute Gasteiger partial charge is 0.383 e. The number of hydrogen-bond acceptors (Lipinski definition) is 3. The Morgan fingerprint density at radius 1 is 1.33 bits per heavy atom. The Bertz CT molecular complexity index is 211. The lowest BCUT2D eigenvalue weighted by Crippen LogP contribution is -2.46. The van der Waals surface area contributed by atoms with E-state index in [1.54, 1.807) is 7.11 Å². The number of rotatable bonds is 8. The van der Waals surface area contributed by atoms with Crippen molar-refractivity contribution in [3.05, 3.63) is 0 Å². The first-order chi connectivity index (χ1) is 8.69. The first-order valence-electron chi connectivity index (χ1n) is 7.61. The van der Waals surface area contributed by atoms with Gasteiger partial charge in [0.15, 0.2) is 0 Å². The van der Waals surface area contributed by atoms with Gasteiger partial charge in [0.2, 0.25) is 0 Å². The van der Waals surface area contributed by atoms with Crippen molar-refractivity contribution in [2.75, 3.05) is 33.9 Å². The van der Waals surface area contributed by atoms with Crippen molar-refractivity contribution in [3.63, 3.8) is 0 Å². The molecule has 1 fully saturated rings. The van der Waals surface area contributed by atoms with Crippen molar-refractivity contribution in [1.29, 1.82) is 0 Å². The van der Waals surface area contributed by atoms with E-state index in [-0.39, 0.29) is 0 Å². The summed E-state index contributed by atoms with van der Waals surface area (Å²) in [6, 6.07) is 1.25. The molecule has 3 nitrogen and oxygen atoms in total. The van der Waals surface area contributed by atoms with Crippen LogP contribution in [0.3, 0.4) is 0 Å². The van der Waals surface area contributed by atoms with Gasteiger partial charge in [-0.05, 0) is 45.7 Å². The lowest BCUT2D eigenvalue weighted by Gasteiger charge is -2.36. The summed E-state index contributed by atoms with van der Waals surface area (Å²) in [6.45, 7) is 7.69. The van der Waals surface area contributed by atoms with Gasteiger partial charge in [0.1, 0.15) is 0 Å². The third-order valence-corrected chi connectivity index (χ3v) is 4.25. The highest BCUT2D eigenvalue weighted by atomic mass is 16.5. The van der Waals surface area contributed by atoms with Gasteiger partial charge in [-0.25, -0.2) is 0 Å². The van der Waals surface area contributed by atoms with E-state index < -0.39 is 0 Å². The normalized spacial score (nSPS) is 26.5. The average molecular weight is 256 g/mol. The van der Waals surface area contributed by atoms with E-state index in [0.717, 1.165) is 18.6 Å². The van der Waals surface area contributed by atoms with Gasteiger partial charge < -0.3 is 15.0 Å². The molecule has 0 radical (unpaired) electrons. The van der Waals surface area contributed by atoms with Crippen LogP contribution in [0.5, 0.6) is 0 Å². The summed E-state index contributed by atoms with van der Waals surface area (Å²) in [7, 11) is 4.02. The van der Waals surface area contributed by atoms with Crippen LogP contribution in [0.4, 0.5) is 0 Å². The van der Waals surface area contributed by atoms with Gasteiger partial charge in [-0.3, -0.25) is 0 Å². The molecule has 0 aliphatic heterocycles. The summed E-state index contributed by atoms with van der Waals surface area (Å²) in [5.74, 6) is 0.814. The maximum absolute atomic E-state index is 5.25. The Hall–Kier alpha value is -0.120. The van der Waals surface area contributed by atoms with Gasteiger partial charge in [-0.15, -0.1) is 0 Å². The quantitative estimate of drug-likeness (QED) is 0.722. The van der Waals surface area contributed by atoms with Crippen molar-refractivity contribution in [2.45, 2.75) is 58.0 Å². The number of nitrogens with zero attached hydrogens (tertiary/aromatic N) is 1. The molecule has 3 unspecified atom stereocenters. The Balaban J connectivity index is 2.40. The molecule has 0 aromatic heterocycles. The molecule has 0 saturated heterocycles. The molecule has 1 aliphatic rings. The van der Waals surface area contributed by atoms with Crippen LogP contribution in [0.15, 0.2) is 0 Å². The van der Waals surface area contributed by atoms with Crippen LogP contribution in [0.25, 0.3) is 0 Å². The minimum absolute atomic E-state index is 0.517. The van der Waals surface area contributed by atoms with Crippen LogP contribution in [0.2, 0.25) is 0 Å². The number of hydrogen-bond donors (Lipinski definition) is 1. The van der Waals surface area contributed by atoms with E-state index in [9.17, 15) is 0 Å². The van der Waals surface area contributed by atoms with Crippen LogP contribution in [0.1, 0.15) is 46.0 Å². The Morgan fingerprint density at radius 3 is 2.72 bits per heavy atom. The highest BCUT2D eigenvalue weighted by Gasteiger charge is 2.26. The molecule has 1 aliphatic carbocycles. The molecule has 3 atom stereocenters. The molecule has 1 rings (SSSR count). The predicted octanol–water partition coefficient (Wildman–Crippen LogP) is 2.51. The Labute approximate surface area is 113 Å². The maximum Gasteiger partial charge on any atom is 0.0615 e. The summed E-state index contributed by atoms with van der Waals surface area (Å²) in [5, 5.41) is 3.74. The molecule has 0 amide bonds. The lowest BCUT2D eigenvalue weighted by molar-refractivity contribution is 0.0926. The van der Waals surface area contributed by atoms with Gasteiger partial charge in [0.05, 0.1) is 6.61 Å². The molecule has 18 heavy (non-hydrogen) atoms. The molecule has 0 aromatic rings. The molecule has 0 aromatic carbocycles. The van der Waals surface area contributed by atoms with Crippen molar-refractivity contribution >= 4 is 0 Å². The monoisotopic (exact) mass is 256 g/mol. The topological polar surface area (TPSA) is 24.5 Å². The van der Waals surface area contributed by atoms with Crippen LogP contribution < -0.4 is 5.32 Å². The van der Waals surface area contributed by atoms with Gasteiger partial charge in [-0.1, -0.05) is 19.8 Å². The molecule has 0 spiro atoms.